The lowest BCUT2D eigenvalue weighted by Crippen LogP contribution is -2.35. The van der Waals surface area contributed by atoms with Crippen molar-refractivity contribution in [2.45, 2.75) is 39.9 Å². The molecule has 0 aromatic carbocycles. The minimum Gasteiger partial charge on any atom is -0.485 e. The smallest absolute Gasteiger partial charge is 0.277 e. The molecule has 0 saturated carbocycles. The summed E-state index contributed by atoms with van der Waals surface area (Å²) < 4.78 is 22.4. The highest BCUT2D eigenvalue weighted by Crippen LogP contribution is 2.26. The number of aliphatic hydroxyl groups excluding tert-OH is 1. The van der Waals surface area contributed by atoms with Crippen LogP contribution in [-0.2, 0) is 12.2 Å². The van der Waals surface area contributed by atoms with Crippen LogP contribution in [0.3, 0.4) is 0 Å². The summed E-state index contributed by atoms with van der Waals surface area (Å²) in [4.78, 5) is 34.8. The van der Waals surface area contributed by atoms with Crippen molar-refractivity contribution in [1.82, 2.24) is 19.1 Å². The second kappa shape index (κ2) is 10.5. The average Bonchev–Trinajstić information content (AvgIpc) is 2.87. The van der Waals surface area contributed by atoms with Crippen LogP contribution < -0.4 is 15.9 Å². The van der Waals surface area contributed by atoms with Gasteiger partial charge in [-0.15, -0.1) is 0 Å². The Morgan fingerprint density at radius 2 is 1.84 bits per heavy atom. The molecule has 0 aliphatic rings. The lowest BCUT2D eigenvalue weighted by atomic mass is 9.99. The van der Waals surface area contributed by atoms with E-state index in [9.17, 15) is 24.2 Å². The minimum absolute atomic E-state index is 0.0104. The standard InChI is InChI=1S/C27H26ClFN4O5/c1-15-8-19(29)20(30-11-15)13-38-22-9-17(3)33(26(36)24(22)28)21-10-23(31-12-16(21)2)32-7-5-6-18(25(32)35)27(4,37)14-34/h5-12,34,37H,13-14H2,1-4H3. The Labute approximate surface area is 222 Å². The van der Waals surface area contributed by atoms with Gasteiger partial charge >= 0.3 is 0 Å². The van der Waals surface area contributed by atoms with Crippen molar-refractivity contribution in [1.29, 1.82) is 0 Å². The highest BCUT2D eigenvalue weighted by atomic mass is 35.5. The second-order valence-electron chi connectivity index (χ2n) is 9.19. The Morgan fingerprint density at radius 1 is 1.11 bits per heavy atom. The van der Waals surface area contributed by atoms with Gasteiger partial charge in [-0.3, -0.25) is 23.7 Å². The van der Waals surface area contributed by atoms with Crippen molar-refractivity contribution in [3.8, 4) is 17.3 Å². The highest BCUT2D eigenvalue weighted by molar-refractivity contribution is 6.31. The first kappa shape index (κ1) is 27.2. The molecule has 0 radical (unpaired) electrons. The van der Waals surface area contributed by atoms with Crippen LogP contribution in [0, 0.1) is 26.6 Å². The van der Waals surface area contributed by atoms with Crippen LogP contribution in [0.1, 0.15) is 35.0 Å². The van der Waals surface area contributed by atoms with Gasteiger partial charge in [0.1, 0.15) is 40.3 Å². The normalized spacial score (nSPS) is 12.8. The van der Waals surface area contributed by atoms with E-state index in [1.165, 1.54) is 46.8 Å². The number of aromatic nitrogens is 4. The number of ether oxygens (including phenoxy) is 1. The van der Waals surface area contributed by atoms with Crippen LogP contribution in [0.25, 0.3) is 11.5 Å². The molecule has 2 N–H and O–H groups in total. The molecule has 4 aromatic heterocycles. The monoisotopic (exact) mass is 540 g/mol. The molecular weight excluding hydrogens is 515 g/mol. The molecule has 0 aliphatic carbocycles. The zero-order valence-electron chi connectivity index (χ0n) is 21.2. The SMILES string of the molecule is Cc1cnc(COc2cc(C)n(-c3cc(-n4cccc(C(C)(O)CO)c4=O)ncc3C)c(=O)c2Cl)c(F)c1. The fraction of sp³-hybridized carbons (Fsp3) is 0.259. The summed E-state index contributed by atoms with van der Waals surface area (Å²) in [7, 11) is 0. The largest absolute Gasteiger partial charge is 0.485 e. The summed E-state index contributed by atoms with van der Waals surface area (Å²) in [5.74, 6) is -0.255. The molecule has 9 nitrogen and oxygen atoms in total. The zero-order chi connectivity index (χ0) is 27.8. The van der Waals surface area contributed by atoms with Gasteiger partial charge in [-0.25, -0.2) is 9.37 Å². The molecule has 1 atom stereocenters. The predicted molar refractivity (Wildman–Crippen MR) is 140 cm³/mol. The van der Waals surface area contributed by atoms with E-state index in [0.29, 0.717) is 22.5 Å². The number of aliphatic hydroxyl groups is 2. The van der Waals surface area contributed by atoms with Gasteiger partial charge in [0.25, 0.3) is 11.1 Å². The number of aryl methyl sites for hydroxylation is 3. The van der Waals surface area contributed by atoms with Crippen LogP contribution in [0.2, 0.25) is 5.02 Å². The van der Waals surface area contributed by atoms with Crippen molar-refractivity contribution in [3.05, 3.63) is 109 Å². The second-order valence-corrected chi connectivity index (χ2v) is 9.57. The molecule has 0 fully saturated rings. The Hall–Kier alpha value is -3.86. The fourth-order valence-corrected chi connectivity index (χ4v) is 4.14. The van der Waals surface area contributed by atoms with Crippen LogP contribution in [0.5, 0.6) is 5.75 Å². The summed E-state index contributed by atoms with van der Waals surface area (Å²) in [6.07, 6.45) is 4.49. The van der Waals surface area contributed by atoms with Gasteiger partial charge in [0.2, 0.25) is 0 Å². The van der Waals surface area contributed by atoms with E-state index in [1.54, 1.807) is 39.0 Å². The fourth-order valence-electron chi connectivity index (χ4n) is 3.94. The van der Waals surface area contributed by atoms with Gasteiger partial charge in [-0.1, -0.05) is 11.6 Å². The highest BCUT2D eigenvalue weighted by Gasteiger charge is 2.26. The van der Waals surface area contributed by atoms with E-state index in [-0.39, 0.29) is 34.5 Å². The Bertz CT molecular complexity index is 1650. The van der Waals surface area contributed by atoms with E-state index >= 15 is 0 Å². The molecule has 4 aromatic rings. The van der Waals surface area contributed by atoms with E-state index in [2.05, 4.69) is 9.97 Å². The average molecular weight is 541 g/mol. The predicted octanol–water partition coefficient (Wildman–Crippen LogP) is 3.27. The lowest BCUT2D eigenvalue weighted by molar-refractivity contribution is -0.00361. The van der Waals surface area contributed by atoms with Gasteiger partial charge < -0.3 is 14.9 Å². The summed E-state index contributed by atoms with van der Waals surface area (Å²) in [6.45, 7) is 5.62. The molecule has 4 rings (SSSR count). The number of hydrogen-bond acceptors (Lipinski definition) is 7. The number of rotatable bonds is 7. The van der Waals surface area contributed by atoms with Gasteiger partial charge in [-0.2, -0.15) is 0 Å². The molecule has 38 heavy (non-hydrogen) atoms. The Balaban J connectivity index is 1.75. The summed E-state index contributed by atoms with van der Waals surface area (Å²) in [5, 5.41) is 19.7. The third-order valence-electron chi connectivity index (χ3n) is 6.10. The van der Waals surface area contributed by atoms with Gasteiger partial charge in [0.05, 0.1) is 17.9 Å². The maximum Gasteiger partial charge on any atom is 0.277 e. The van der Waals surface area contributed by atoms with Crippen molar-refractivity contribution < 1.29 is 19.3 Å². The van der Waals surface area contributed by atoms with Crippen molar-refractivity contribution in [3.63, 3.8) is 0 Å². The maximum absolute atomic E-state index is 14.2. The summed E-state index contributed by atoms with van der Waals surface area (Å²) in [6, 6.07) is 7.42. The number of nitrogens with zero attached hydrogens (tertiary/aromatic N) is 4. The third kappa shape index (κ3) is 5.10. The quantitative estimate of drug-likeness (QED) is 0.369. The van der Waals surface area contributed by atoms with E-state index < -0.39 is 29.1 Å². The van der Waals surface area contributed by atoms with Gasteiger partial charge in [0.15, 0.2) is 0 Å². The number of halogens is 2. The van der Waals surface area contributed by atoms with Crippen molar-refractivity contribution in [2.75, 3.05) is 6.61 Å². The molecule has 11 heteroatoms. The van der Waals surface area contributed by atoms with E-state index in [4.69, 9.17) is 16.3 Å². The van der Waals surface area contributed by atoms with Gasteiger partial charge in [0, 0.05) is 36.4 Å². The third-order valence-corrected chi connectivity index (χ3v) is 6.45. The first-order valence-electron chi connectivity index (χ1n) is 11.6. The van der Waals surface area contributed by atoms with Crippen molar-refractivity contribution in [2.24, 2.45) is 0 Å². The van der Waals surface area contributed by atoms with E-state index in [1.807, 2.05) is 0 Å². The maximum atomic E-state index is 14.2. The first-order chi connectivity index (χ1) is 17.9. The van der Waals surface area contributed by atoms with E-state index in [0.717, 1.165) is 0 Å². The van der Waals surface area contributed by atoms with Crippen molar-refractivity contribution >= 4 is 11.6 Å². The number of hydrogen-bond donors (Lipinski definition) is 2. The van der Waals surface area contributed by atoms with Gasteiger partial charge in [-0.05, 0) is 57.0 Å². The molecule has 1 unspecified atom stereocenters. The first-order valence-corrected chi connectivity index (χ1v) is 12.0. The molecule has 0 spiro atoms. The Kier molecular flexibility index (Phi) is 7.50. The van der Waals surface area contributed by atoms with Crippen LogP contribution >= 0.6 is 11.6 Å². The summed E-state index contributed by atoms with van der Waals surface area (Å²) in [5.41, 5.74) is -0.648. The molecule has 0 saturated heterocycles. The molecule has 4 heterocycles. The topological polar surface area (TPSA) is 119 Å². The molecular formula is C27H26ClFN4O5. The molecule has 198 valence electrons. The lowest BCUT2D eigenvalue weighted by Gasteiger charge is -2.21. The summed E-state index contributed by atoms with van der Waals surface area (Å²) >= 11 is 6.38. The zero-order valence-corrected chi connectivity index (χ0v) is 22.0. The van der Waals surface area contributed by atoms with Crippen LogP contribution in [0.15, 0.2) is 58.5 Å². The Morgan fingerprint density at radius 3 is 2.53 bits per heavy atom. The molecule has 0 bridgehead atoms. The number of pyridine rings is 4. The molecule has 0 aliphatic heterocycles. The van der Waals surface area contributed by atoms with Crippen LogP contribution in [-0.4, -0.2) is 35.9 Å². The minimum atomic E-state index is -1.75. The van der Waals surface area contributed by atoms with Crippen LogP contribution in [0.4, 0.5) is 4.39 Å². The molecule has 0 amide bonds.